The summed E-state index contributed by atoms with van der Waals surface area (Å²) in [5.41, 5.74) is 0.885. The van der Waals surface area contributed by atoms with Gasteiger partial charge in [-0.1, -0.05) is 159 Å². The Morgan fingerprint density at radius 1 is 0.902 bits per heavy atom. The van der Waals surface area contributed by atoms with Crippen LogP contribution < -0.4 is 10.4 Å². The maximum atomic E-state index is 8.05. The Morgan fingerprint density at radius 2 is 1.44 bits per heavy atom. The van der Waals surface area contributed by atoms with E-state index in [1.807, 2.05) is 54.6 Å². The number of alkyl halides is 3. The third kappa shape index (κ3) is 7.82. The van der Waals surface area contributed by atoms with Crippen LogP contribution >= 0.6 is 34.8 Å². The topological polar surface area (TPSA) is 60.8 Å². The normalized spacial score (nSPS) is 20.2. The molecule has 3 aromatic rings. The molecule has 3 atom stereocenters. The van der Waals surface area contributed by atoms with Gasteiger partial charge in [0, 0.05) is 12.2 Å². The first-order valence-electron chi connectivity index (χ1n) is 13.6. The average Bonchev–Trinajstić information content (AvgIpc) is 2.96. The second-order valence-electron chi connectivity index (χ2n) is 10.9. The van der Waals surface area contributed by atoms with E-state index < -0.39 is 36.5 Å². The molecule has 1 saturated heterocycles. The number of nitrogens with one attached hydrogen (secondary N) is 1. The number of hydrogen-bond donors (Lipinski definition) is 1. The summed E-state index contributed by atoms with van der Waals surface area (Å²) in [6, 6.07) is 30.8. The van der Waals surface area contributed by atoms with Crippen LogP contribution in [0.3, 0.4) is 0 Å². The standard InChI is InChI=1S/C32H36Cl3NO4Si/c1-31(2,3)41(25-17-9-5-10-18-25,26-19-11-6-12-20-26)38-22-14-13-21-27-28(40-30(36)32(33,34)35)23-37-29(39-27)24-15-7-4-8-16-24/h4-13,15-21,27-29,36H,14,22-23H2,1-3H3/b21-13-,36-30?/t27-,28-,29+/m1/s1. The molecule has 0 aromatic heterocycles. The Balaban J connectivity index is 1.52. The van der Waals surface area contributed by atoms with E-state index in [2.05, 4.69) is 69.3 Å². The molecule has 9 heteroatoms. The highest BCUT2D eigenvalue weighted by Gasteiger charge is 2.50. The number of hydrogen-bond acceptors (Lipinski definition) is 5. The summed E-state index contributed by atoms with van der Waals surface area (Å²) < 4.78 is 22.8. The van der Waals surface area contributed by atoms with Crippen molar-refractivity contribution in [2.75, 3.05) is 13.2 Å². The Hall–Kier alpha value is -2.16. The number of ether oxygens (including phenoxy) is 3. The van der Waals surface area contributed by atoms with Gasteiger partial charge in [0.1, 0.15) is 6.10 Å². The van der Waals surface area contributed by atoms with Gasteiger partial charge >= 0.3 is 0 Å². The molecule has 1 fully saturated rings. The van der Waals surface area contributed by atoms with Crippen LogP contribution in [-0.2, 0) is 18.6 Å². The van der Waals surface area contributed by atoms with Gasteiger partial charge in [-0.05, 0) is 21.8 Å². The summed E-state index contributed by atoms with van der Waals surface area (Å²) in [5, 5.41) is 10.4. The van der Waals surface area contributed by atoms with Crippen LogP contribution in [0.5, 0.6) is 0 Å². The first-order valence-corrected chi connectivity index (χ1v) is 16.6. The van der Waals surface area contributed by atoms with Crippen LogP contribution in [0.1, 0.15) is 39.0 Å². The van der Waals surface area contributed by atoms with Crippen molar-refractivity contribution in [2.24, 2.45) is 0 Å². The number of benzene rings is 3. The van der Waals surface area contributed by atoms with Gasteiger partial charge in [0.15, 0.2) is 12.4 Å². The lowest BCUT2D eigenvalue weighted by Crippen LogP contribution is -2.66. The van der Waals surface area contributed by atoms with E-state index in [0.29, 0.717) is 13.0 Å². The van der Waals surface area contributed by atoms with Crippen LogP contribution in [0.4, 0.5) is 0 Å². The van der Waals surface area contributed by atoms with Crippen LogP contribution in [0.25, 0.3) is 0 Å². The second kappa shape index (κ2) is 13.9. The summed E-state index contributed by atoms with van der Waals surface area (Å²) in [6.45, 7) is 7.46. The van der Waals surface area contributed by atoms with E-state index >= 15 is 0 Å². The van der Waals surface area contributed by atoms with E-state index in [-0.39, 0.29) is 11.6 Å². The van der Waals surface area contributed by atoms with E-state index in [4.69, 9.17) is 58.8 Å². The zero-order valence-corrected chi connectivity index (χ0v) is 26.7. The molecular formula is C32H36Cl3NO4Si. The molecule has 0 radical (unpaired) electrons. The summed E-state index contributed by atoms with van der Waals surface area (Å²) >= 11 is 17.6. The predicted octanol–water partition coefficient (Wildman–Crippen LogP) is 7.36. The maximum Gasteiger partial charge on any atom is 0.265 e. The van der Waals surface area contributed by atoms with Crippen molar-refractivity contribution < 1.29 is 18.6 Å². The van der Waals surface area contributed by atoms with Crippen LogP contribution in [0.2, 0.25) is 5.04 Å². The van der Waals surface area contributed by atoms with Gasteiger partial charge in [-0.2, -0.15) is 0 Å². The summed E-state index contributed by atoms with van der Waals surface area (Å²) in [5.74, 6) is -0.480. The summed E-state index contributed by atoms with van der Waals surface area (Å²) in [7, 11) is -2.63. The van der Waals surface area contributed by atoms with Crippen molar-refractivity contribution in [1.82, 2.24) is 0 Å². The molecule has 1 aliphatic rings. The van der Waals surface area contributed by atoms with E-state index in [1.54, 1.807) is 0 Å². The summed E-state index contributed by atoms with van der Waals surface area (Å²) in [4.78, 5) is 0. The third-order valence-corrected chi connectivity index (χ3v) is 12.6. The largest absolute Gasteiger partial charge is 0.469 e. The second-order valence-corrected chi connectivity index (χ2v) is 17.5. The molecule has 0 amide bonds. The molecule has 1 heterocycles. The highest BCUT2D eigenvalue weighted by atomic mass is 35.6. The summed E-state index contributed by atoms with van der Waals surface area (Å²) in [6.07, 6.45) is 2.81. The average molecular weight is 633 g/mol. The lowest BCUT2D eigenvalue weighted by molar-refractivity contribution is -0.241. The zero-order valence-electron chi connectivity index (χ0n) is 23.4. The monoisotopic (exact) mass is 631 g/mol. The highest BCUT2D eigenvalue weighted by Crippen LogP contribution is 2.37. The first-order chi connectivity index (χ1) is 19.5. The third-order valence-electron chi connectivity index (χ3n) is 7.00. The molecule has 0 unspecified atom stereocenters. The van der Waals surface area contributed by atoms with Gasteiger partial charge in [0.2, 0.25) is 5.90 Å². The van der Waals surface area contributed by atoms with Gasteiger partial charge in [-0.25, -0.2) is 0 Å². The molecule has 0 saturated carbocycles. The van der Waals surface area contributed by atoms with Gasteiger partial charge < -0.3 is 18.6 Å². The molecule has 0 bridgehead atoms. The Bertz CT molecular complexity index is 1240. The molecule has 0 aliphatic carbocycles. The quantitative estimate of drug-likeness (QED) is 0.0669. The highest BCUT2D eigenvalue weighted by molar-refractivity contribution is 6.99. The molecular weight excluding hydrogens is 597 g/mol. The van der Waals surface area contributed by atoms with E-state index in [0.717, 1.165) is 5.56 Å². The van der Waals surface area contributed by atoms with Gasteiger partial charge in [0.05, 0.1) is 6.61 Å². The molecule has 41 heavy (non-hydrogen) atoms. The minimum atomic E-state index is -2.63. The lowest BCUT2D eigenvalue weighted by atomic mass is 10.1. The lowest BCUT2D eigenvalue weighted by Gasteiger charge is -2.43. The first kappa shape index (κ1) is 31.8. The van der Waals surface area contributed by atoms with E-state index in [9.17, 15) is 0 Å². The predicted molar refractivity (Wildman–Crippen MR) is 170 cm³/mol. The molecule has 5 nitrogen and oxygen atoms in total. The van der Waals surface area contributed by atoms with Crippen molar-refractivity contribution in [3.63, 3.8) is 0 Å². The Morgan fingerprint density at radius 3 is 1.95 bits per heavy atom. The molecule has 1 N–H and O–H groups in total. The fraction of sp³-hybridized carbons (Fsp3) is 0.344. The fourth-order valence-corrected chi connectivity index (χ4v) is 9.81. The molecule has 218 valence electrons. The molecule has 1 aliphatic heterocycles. The molecule has 3 aromatic carbocycles. The number of rotatable bonds is 9. The zero-order chi connectivity index (χ0) is 29.5. The van der Waals surface area contributed by atoms with Gasteiger partial charge in [-0.15, -0.1) is 0 Å². The Labute approximate surface area is 259 Å². The van der Waals surface area contributed by atoms with Gasteiger partial charge in [-0.3, -0.25) is 5.41 Å². The van der Waals surface area contributed by atoms with Crippen molar-refractivity contribution in [1.29, 1.82) is 5.41 Å². The van der Waals surface area contributed by atoms with E-state index in [1.165, 1.54) is 10.4 Å². The van der Waals surface area contributed by atoms with Crippen LogP contribution in [-0.4, -0.2) is 43.4 Å². The SMILES string of the molecule is CC(C)(C)[Si](OCC/C=C\[C@H]1O[C@@H](c2ccccc2)OC[C@H]1OC(=N)C(Cl)(Cl)Cl)(c1ccccc1)c1ccccc1. The fourth-order valence-electron chi connectivity index (χ4n) is 5.09. The van der Waals surface area contributed by atoms with Crippen LogP contribution in [0, 0.1) is 5.41 Å². The smallest absolute Gasteiger partial charge is 0.265 e. The minimum Gasteiger partial charge on any atom is -0.469 e. The van der Waals surface area contributed by atoms with Crippen molar-refractivity contribution in [3.8, 4) is 0 Å². The van der Waals surface area contributed by atoms with Crippen molar-refractivity contribution >= 4 is 59.4 Å². The maximum absolute atomic E-state index is 8.05. The molecule has 4 rings (SSSR count). The van der Waals surface area contributed by atoms with Gasteiger partial charge in [0.25, 0.3) is 12.1 Å². The Kier molecular flexibility index (Phi) is 10.7. The molecule has 0 spiro atoms. The minimum absolute atomic E-state index is 0.109. The number of halogens is 3. The van der Waals surface area contributed by atoms with Crippen LogP contribution in [0.15, 0.2) is 103 Å². The van der Waals surface area contributed by atoms with Crippen molar-refractivity contribution in [2.45, 2.75) is 54.5 Å². The van der Waals surface area contributed by atoms with Crippen molar-refractivity contribution in [3.05, 3.63) is 109 Å².